The molecule has 0 bridgehead atoms. The van der Waals surface area contributed by atoms with Crippen LogP contribution in [-0.4, -0.2) is 37.2 Å². The van der Waals surface area contributed by atoms with Crippen LogP contribution in [-0.2, 0) is 28.6 Å². The molecule has 0 aliphatic heterocycles. The number of rotatable bonds is 55. The first kappa shape index (κ1) is 70.8. The number of allylic oxidation sites excluding steroid dienone is 20. The third-order valence-electron chi connectivity index (χ3n) is 12.9. The molecule has 0 aliphatic carbocycles. The summed E-state index contributed by atoms with van der Waals surface area (Å²) in [5.41, 5.74) is 0. The SMILES string of the molecule is CC/C=C\C/C=C\C/C=C\C/C=C\C/C=C\C/C=C\C/C=C\C/C=C\C/C=C\CCCC(=O)OCC(COC(=O)CCCCCCC/C=C\CCC)OC(=O)CCCCCCCCCCCCCCCCCCCC. The molecule has 0 saturated carbocycles. The molecule has 0 rings (SSSR count). The Hall–Kier alpha value is -4.19. The number of ether oxygens (including phenoxy) is 3. The van der Waals surface area contributed by atoms with Gasteiger partial charge >= 0.3 is 17.9 Å². The van der Waals surface area contributed by atoms with Crippen molar-refractivity contribution in [3.63, 3.8) is 0 Å². The smallest absolute Gasteiger partial charge is 0.306 e. The average Bonchev–Trinajstić information content (AvgIpc) is 3.41. The molecule has 1 atom stereocenters. The molecular weight excluding hydrogens is 925 g/mol. The van der Waals surface area contributed by atoms with Gasteiger partial charge in [0.15, 0.2) is 6.10 Å². The Morgan fingerprint density at radius 2 is 0.560 bits per heavy atom. The van der Waals surface area contributed by atoms with Crippen molar-refractivity contribution in [3.05, 3.63) is 122 Å². The lowest BCUT2D eigenvalue weighted by Gasteiger charge is -2.18. The number of unbranched alkanes of at least 4 members (excludes halogenated alkanes) is 24. The van der Waals surface area contributed by atoms with Crippen molar-refractivity contribution in [2.45, 2.75) is 284 Å². The summed E-state index contributed by atoms with van der Waals surface area (Å²) in [7, 11) is 0. The Morgan fingerprint density at radius 3 is 0.933 bits per heavy atom. The highest BCUT2D eigenvalue weighted by Gasteiger charge is 2.19. The Morgan fingerprint density at radius 1 is 0.280 bits per heavy atom. The van der Waals surface area contributed by atoms with Crippen molar-refractivity contribution in [1.29, 1.82) is 0 Å². The zero-order valence-corrected chi connectivity index (χ0v) is 48.8. The number of esters is 3. The summed E-state index contributed by atoms with van der Waals surface area (Å²) in [4.78, 5) is 38.1. The van der Waals surface area contributed by atoms with Gasteiger partial charge in [-0.15, -0.1) is 0 Å². The van der Waals surface area contributed by atoms with Gasteiger partial charge in [-0.1, -0.05) is 277 Å². The van der Waals surface area contributed by atoms with Crippen LogP contribution < -0.4 is 0 Å². The minimum atomic E-state index is -0.806. The van der Waals surface area contributed by atoms with E-state index in [9.17, 15) is 14.4 Å². The Balaban J connectivity index is 4.37. The molecule has 0 radical (unpaired) electrons. The van der Waals surface area contributed by atoms with E-state index in [2.05, 4.69) is 142 Å². The van der Waals surface area contributed by atoms with Gasteiger partial charge in [-0.2, -0.15) is 0 Å². The van der Waals surface area contributed by atoms with Crippen molar-refractivity contribution in [2.24, 2.45) is 0 Å². The molecule has 0 aliphatic rings. The van der Waals surface area contributed by atoms with Crippen LogP contribution in [0.5, 0.6) is 0 Å². The Kier molecular flexibility index (Phi) is 58.9. The second kappa shape index (κ2) is 62.4. The molecule has 426 valence electrons. The summed E-state index contributed by atoms with van der Waals surface area (Å²) in [5, 5.41) is 0. The lowest BCUT2D eigenvalue weighted by molar-refractivity contribution is -0.167. The van der Waals surface area contributed by atoms with Gasteiger partial charge in [-0.05, 0) is 103 Å². The van der Waals surface area contributed by atoms with Gasteiger partial charge in [-0.25, -0.2) is 0 Å². The predicted octanol–water partition coefficient (Wildman–Crippen LogP) is 21.2. The molecule has 0 fully saturated rings. The van der Waals surface area contributed by atoms with Gasteiger partial charge in [-0.3, -0.25) is 14.4 Å². The number of carbonyl (C=O) groups excluding carboxylic acids is 3. The maximum Gasteiger partial charge on any atom is 0.306 e. The van der Waals surface area contributed by atoms with E-state index >= 15 is 0 Å². The standard InChI is InChI=1S/C69H114O6/c1-4-7-10-13-16-19-22-24-26-28-30-31-32-33-34-35-36-37-38-39-40-42-43-45-47-50-53-56-59-62-68(71)74-65-66(64-73-67(70)61-58-55-52-49-21-18-15-12-9-6-3)75-69(72)63-60-57-54-51-48-46-44-41-29-27-25-23-20-17-14-11-8-5-2/h7,10,12,15-16,19,24,26,30-31,33-34,36-37,39-40,43,45,50,53,66H,4-6,8-9,11,13-14,17-18,20-23,25,27-29,32,35,38,41-42,44,46-49,51-52,54-65H2,1-3H3/b10-7-,15-12-,19-16-,26-24-,31-30-,34-33-,37-36-,40-39-,45-43-,53-50-. The maximum absolute atomic E-state index is 12.9. The van der Waals surface area contributed by atoms with Crippen LogP contribution >= 0.6 is 0 Å². The lowest BCUT2D eigenvalue weighted by Crippen LogP contribution is -2.30. The average molecular weight is 1040 g/mol. The van der Waals surface area contributed by atoms with Crippen LogP contribution in [0.2, 0.25) is 0 Å². The van der Waals surface area contributed by atoms with Gasteiger partial charge in [0.25, 0.3) is 0 Å². The van der Waals surface area contributed by atoms with Crippen molar-refractivity contribution in [1.82, 2.24) is 0 Å². The first-order valence-corrected chi connectivity index (χ1v) is 31.0. The number of hydrogen-bond donors (Lipinski definition) is 0. The van der Waals surface area contributed by atoms with Gasteiger partial charge in [0, 0.05) is 19.3 Å². The van der Waals surface area contributed by atoms with E-state index in [0.29, 0.717) is 19.3 Å². The fourth-order valence-corrected chi connectivity index (χ4v) is 8.33. The molecule has 0 aromatic heterocycles. The van der Waals surface area contributed by atoms with Gasteiger partial charge in [0.2, 0.25) is 0 Å². The Bertz CT molecular complexity index is 1570. The van der Waals surface area contributed by atoms with Crippen molar-refractivity contribution >= 4 is 17.9 Å². The van der Waals surface area contributed by atoms with E-state index in [1.54, 1.807) is 0 Å². The summed E-state index contributed by atoms with van der Waals surface area (Å²) in [5.74, 6) is -0.969. The normalized spacial score (nSPS) is 12.9. The quantitative estimate of drug-likeness (QED) is 0.0261. The van der Waals surface area contributed by atoms with Crippen LogP contribution in [0.1, 0.15) is 278 Å². The second-order valence-corrected chi connectivity index (χ2v) is 20.2. The molecule has 6 nitrogen and oxygen atoms in total. The van der Waals surface area contributed by atoms with Crippen LogP contribution in [0.4, 0.5) is 0 Å². The molecule has 0 aromatic carbocycles. The second-order valence-electron chi connectivity index (χ2n) is 20.2. The summed E-state index contributed by atoms with van der Waals surface area (Å²) in [6.07, 6.45) is 86.4. The molecule has 1 unspecified atom stereocenters. The predicted molar refractivity (Wildman–Crippen MR) is 325 cm³/mol. The summed E-state index contributed by atoms with van der Waals surface area (Å²) in [6, 6.07) is 0. The van der Waals surface area contributed by atoms with Crippen LogP contribution in [0.3, 0.4) is 0 Å². The summed E-state index contributed by atoms with van der Waals surface area (Å²) < 4.78 is 16.8. The highest BCUT2D eigenvalue weighted by Crippen LogP contribution is 2.16. The van der Waals surface area contributed by atoms with E-state index in [0.717, 1.165) is 122 Å². The highest BCUT2D eigenvalue weighted by atomic mass is 16.6. The minimum Gasteiger partial charge on any atom is -0.462 e. The van der Waals surface area contributed by atoms with Gasteiger partial charge in [0.1, 0.15) is 13.2 Å². The van der Waals surface area contributed by atoms with Crippen LogP contribution in [0.25, 0.3) is 0 Å². The molecule has 0 N–H and O–H groups in total. The zero-order chi connectivity index (χ0) is 54.3. The van der Waals surface area contributed by atoms with Crippen molar-refractivity contribution in [3.8, 4) is 0 Å². The van der Waals surface area contributed by atoms with E-state index in [1.165, 1.54) is 109 Å². The van der Waals surface area contributed by atoms with Crippen molar-refractivity contribution in [2.75, 3.05) is 13.2 Å². The van der Waals surface area contributed by atoms with E-state index in [1.807, 2.05) is 0 Å². The molecule has 75 heavy (non-hydrogen) atoms. The molecule has 0 heterocycles. The fourth-order valence-electron chi connectivity index (χ4n) is 8.33. The molecule has 6 heteroatoms. The molecule has 0 spiro atoms. The molecule has 0 saturated heterocycles. The topological polar surface area (TPSA) is 78.9 Å². The Labute approximate surface area is 462 Å². The molecule has 0 amide bonds. The number of carbonyl (C=O) groups is 3. The maximum atomic E-state index is 12.9. The molecule has 0 aromatic rings. The fraction of sp³-hybridized carbons (Fsp3) is 0.667. The van der Waals surface area contributed by atoms with E-state index < -0.39 is 6.10 Å². The minimum absolute atomic E-state index is 0.101. The first-order chi connectivity index (χ1) is 37.0. The monoisotopic (exact) mass is 1040 g/mol. The lowest BCUT2D eigenvalue weighted by atomic mass is 10.0. The van der Waals surface area contributed by atoms with Crippen LogP contribution in [0, 0.1) is 0 Å². The van der Waals surface area contributed by atoms with Gasteiger partial charge < -0.3 is 14.2 Å². The third kappa shape index (κ3) is 60.6. The number of hydrogen-bond acceptors (Lipinski definition) is 6. The molecular formula is C69H114O6. The third-order valence-corrected chi connectivity index (χ3v) is 12.9. The van der Waals surface area contributed by atoms with Gasteiger partial charge in [0.05, 0.1) is 0 Å². The van der Waals surface area contributed by atoms with E-state index in [-0.39, 0.29) is 37.5 Å². The summed E-state index contributed by atoms with van der Waals surface area (Å²) >= 11 is 0. The highest BCUT2D eigenvalue weighted by molar-refractivity contribution is 5.71. The zero-order valence-electron chi connectivity index (χ0n) is 48.8. The van der Waals surface area contributed by atoms with E-state index in [4.69, 9.17) is 14.2 Å². The largest absolute Gasteiger partial charge is 0.462 e. The van der Waals surface area contributed by atoms with Crippen LogP contribution in [0.15, 0.2) is 122 Å². The van der Waals surface area contributed by atoms with Crippen molar-refractivity contribution < 1.29 is 28.6 Å². The first-order valence-electron chi connectivity index (χ1n) is 31.0. The summed E-state index contributed by atoms with van der Waals surface area (Å²) in [6.45, 7) is 6.42.